The molecule has 0 atom stereocenters. The van der Waals surface area contributed by atoms with E-state index in [2.05, 4.69) is 18.5 Å². The molecule has 1 radical (unpaired) electrons. The molecule has 0 saturated heterocycles. The zero-order valence-corrected chi connectivity index (χ0v) is 6.18. The maximum Gasteiger partial charge on any atom is 0.194 e. The van der Waals surface area contributed by atoms with Crippen molar-refractivity contribution in [3.05, 3.63) is 18.6 Å². The predicted octanol–water partition coefficient (Wildman–Crippen LogP) is 2.29. The van der Waals surface area contributed by atoms with Crippen LogP contribution in [0.15, 0.2) is 16.7 Å². The van der Waals surface area contributed by atoms with Gasteiger partial charge in [-0.15, -0.1) is 0 Å². The van der Waals surface area contributed by atoms with Gasteiger partial charge >= 0.3 is 0 Å². The number of hydrogen-bond acceptors (Lipinski definition) is 2. The van der Waals surface area contributed by atoms with Crippen molar-refractivity contribution in [2.45, 2.75) is 19.8 Å². The maximum atomic E-state index is 4.76. The lowest BCUT2D eigenvalue weighted by Crippen LogP contribution is -1.98. The molecule has 0 aliphatic rings. The highest BCUT2D eigenvalue weighted by atomic mass is 16.3. The Morgan fingerprint density at radius 2 is 2.60 bits per heavy atom. The van der Waals surface area contributed by atoms with Crippen LogP contribution < -0.4 is 5.32 Å². The summed E-state index contributed by atoms with van der Waals surface area (Å²) >= 11 is 0. The van der Waals surface area contributed by atoms with Crippen LogP contribution in [-0.4, -0.2) is 6.54 Å². The Morgan fingerprint density at radius 3 is 3.20 bits per heavy atom. The number of furan rings is 1. The van der Waals surface area contributed by atoms with Gasteiger partial charge < -0.3 is 9.73 Å². The van der Waals surface area contributed by atoms with Crippen molar-refractivity contribution in [2.24, 2.45) is 0 Å². The second-order valence-corrected chi connectivity index (χ2v) is 2.22. The van der Waals surface area contributed by atoms with Gasteiger partial charge in [-0.2, -0.15) is 0 Å². The van der Waals surface area contributed by atoms with E-state index < -0.39 is 0 Å². The molecule has 55 valence electrons. The van der Waals surface area contributed by atoms with E-state index in [9.17, 15) is 0 Å². The van der Waals surface area contributed by atoms with Crippen LogP contribution >= 0.6 is 0 Å². The Hall–Kier alpha value is -0.920. The van der Waals surface area contributed by atoms with Gasteiger partial charge in [0.25, 0.3) is 0 Å². The average Bonchev–Trinajstić information content (AvgIpc) is 2.41. The Bertz CT molecular complexity index is 158. The third-order valence-corrected chi connectivity index (χ3v) is 1.32. The Balaban J connectivity index is 2.15. The smallest absolute Gasteiger partial charge is 0.194 e. The lowest BCUT2D eigenvalue weighted by atomic mass is 10.3. The van der Waals surface area contributed by atoms with Crippen molar-refractivity contribution in [3.63, 3.8) is 0 Å². The molecular weight excluding hydrogens is 126 g/mol. The molecule has 1 heterocycles. The van der Waals surface area contributed by atoms with Crippen molar-refractivity contribution in [2.75, 3.05) is 11.9 Å². The number of nitrogens with one attached hydrogen (secondary N) is 1. The molecule has 2 heteroatoms. The minimum Gasteiger partial charge on any atom is -0.459 e. The van der Waals surface area contributed by atoms with E-state index in [1.807, 2.05) is 6.07 Å². The SMILES string of the molecule is CCCCNc1[c]occ1. The van der Waals surface area contributed by atoms with E-state index in [-0.39, 0.29) is 0 Å². The summed E-state index contributed by atoms with van der Waals surface area (Å²) in [4.78, 5) is 0. The van der Waals surface area contributed by atoms with E-state index in [0.29, 0.717) is 0 Å². The molecule has 1 N–H and O–H groups in total. The molecule has 0 saturated carbocycles. The van der Waals surface area contributed by atoms with Gasteiger partial charge in [0.1, 0.15) is 0 Å². The second-order valence-electron chi connectivity index (χ2n) is 2.22. The highest BCUT2D eigenvalue weighted by molar-refractivity contribution is 5.37. The lowest BCUT2D eigenvalue weighted by molar-refractivity contribution is 0.559. The van der Waals surface area contributed by atoms with Crippen molar-refractivity contribution in [1.29, 1.82) is 0 Å². The first-order valence-corrected chi connectivity index (χ1v) is 3.62. The fourth-order valence-electron chi connectivity index (χ4n) is 0.728. The van der Waals surface area contributed by atoms with Gasteiger partial charge in [0, 0.05) is 12.6 Å². The summed E-state index contributed by atoms with van der Waals surface area (Å²) in [6.07, 6.45) is 6.74. The molecule has 2 nitrogen and oxygen atoms in total. The summed E-state index contributed by atoms with van der Waals surface area (Å²) in [6, 6.07) is 1.87. The molecule has 0 amide bonds. The summed E-state index contributed by atoms with van der Waals surface area (Å²) in [5, 5.41) is 3.18. The van der Waals surface area contributed by atoms with Crippen molar-refractivity contribution in [1.82, 2.24) is 0 Å². The summed E-state index contributed by atoms with van der Waals surface area (Å²) in [5.41, 5.74) is 0.952. The Morgan fingerprint density at radius 1 is 1.70 bits per heavy atom. The van der Waals surface area contributed by atoms with E-state index in [1.165, 1.54) is 12.8 Å². The standard InChI is InChI=1S/C8H12NO/c1-2-3-5-9-8-4-6-10-7-8/h4,6,9H,2-3,5H2,1H3. The number of anilines is 1. The summed E-state index contributed by atoms with van der Waals surface area (Å²) in [7, 11) is 0. The molecule has 0 unspecified atom stereocenters. The highest BCUT2D eigenvalue weighted by Crippen LogP contribution is 2.04. The Labute approximate surface area is 61.2 Å². The fraction of sp³-hybridized carbons (Fsp3) is 0.500. The van der Waals surface area contributed by atoms with E-state index in [4.69, 9.17) is 4.42 Å². The minimum atomic E-state index is 0.952. The molecule has 1 rings (SSSR count). The summed E-state index contributed by atoms with van der Waals surface area (Å²) in [5.74, 6) is 0. The molecule has 1 aromatic rings. The van der Waals surface area contributed by atoms with Crippen LogP contribution in [0.4, 0.5) is 5.69 Å². The van der Waals surface area contributed by atoms with Gasteiger partial charge in [0.2, 0.25) is 0 Å². The first kappa shape index (κ1) is 7.19. The molecule has 10 heavy (non-hydrogen) atoms. The van der Waals surface area contributed by atoms with Gasteiger partial charge in [-0.25, -0.2) is 0 Å². The first-order chi connectivity index (χ1) is 4.93. The quantitative estimate of drug-likeness (QED) is 0.646. The van der Waals surface area contributed by atoms with Crippen molar-refractivity contribution >= 4 is 5.69 Å². The second kappa shape index (κ2) is 3.99. The van der Waals surface area contributed by atoms with Gasteiger partial charge in [-0.3, -0.25) is 0 Å². The van der Waals surface area contributed by atoms with Gasteiger partial charge in [0.15, 0.2) is 6.26 Å². The highest BCUT2D eigenvalue weighted by Gasteiger charge is 1.90. The molecule has 0 aliphatic heterocycles. The zero-order valence-electron chi connectivity index (χ0n) is 6.18. The maximum absolute atomic E-state index is 4.76. The molecule has 0 spiro atoms. The fourth-order valence-corrected chi connectivity index (χ4v) is 0.728. The number of hydrogen-bond donors (Lipinski definition) is 1. The van der Waals surface area contributed by atoms with Gasteiger partial charge in [-0.1, -0.05) is 13.3 Å². The van der Waals surface area contributed by atoms with Crippen molar-refractivity contribution < 1.29 is 4.42 Å². The van der Waals surface area contributed by atoms with Crippen LogP contribution in [0.5, 0.6) is 0 Å². The number of rotatable bonds is 4. The van der Waals surface area contributed by atoms with Crippen LogP contribution in [0, 0.1) is 6.26 Å². The average molecular weight is 138 g/mol. The van der Waals surface area contributed by atoms with E-state index in [1.54, 1.807) is 6.26 Å². The normalized spacial score (nSPS) is 9.70. The summed E-state index contributed by atoms with van der Waals surface area (Å²) < 4.78 is 4.76. The molecule has 0 aromatic carbocycles. The monoisotopic (exact) mass is 138 g/mol. The van der Waals surface area contributed by atoms with Gasteiger partial charge in [0.05, 0.1) is 12.0 Å². The molecule has 0 aliphatic carbocycles. The summed E-state index contributed by atoms with van der Waals surface area (Å²) in [6.45, 7) is 3.17. The first-order valence-electron chi connectivity index (χ1n) is 3.62. The van der Waals surface area contributed by atoms with Crippen LogP contribution in [0.25, 0.3) is 0 Å². The van der Waals surface area contributed by atoms with Crippen LogP contribution in [0.2, 0.25) is 0 Å². The predicted molar refractivity (Wildman–Crippen MR) is 40.9 cm³/mol. The van der Waals surface area contributed by atoms with E-state index >= 15 is 0 Å². The topological polar surface area (TPSA) is 25.2 Å². The molecule has 0 bridgehead atoms. The van der Waals surface area contributed by atoms with Crippen molar-refractivity contribution in [3.8, 4) is 0 Å². The van der Waals surface area contributed by atoms with Crippen LogP contribution in [-0.2, 0) is 0 Å². The van der Waals surface area contributed by atoms with E-state index in [0.717, 1.165) is 12.2 Å². The Kier molecular flexibility index (Phi) is 2.87. The minimum absolute atomic E-state index is 0.952. The van der Waals surface area contributed by atoms with Crippen LogP contribution in [0.1, 0.15) is 19.8 Å². The van der Waals surface area contributed by atoms with Crippen LogP contribution in [0.3, 0.4) is 0 Å². The third kappa shape index (κ3) is 2.13. The molecule has 1 aromatic heterocycles. The number of unbranched alkanes of at least 4 members (excludes halogenated alkanes) is 1. The largest absolute Gasteiger partial charge is 0.459 e. The van der Waals surface area contributed by atoms with Gasteiger partial charge in [-0.05, 0) is 6.42 Å². The third-order valence-electron chi connectivity index (χ3n) is 1.32. The lowest BCUT2D eigenvalue weighted by Gasteiger charge is -1.98. The molecule has 0 fully saturated rings. The molecular formula is C8H12NO. The zero-order chi connectivity index (χ0) is 7.23.